The van der Waals surface area contributed by atoms with Crippen LogP contribution in [0.15, 0.2) is 28.2 Å². The van der Waals surface area contributed by atoms with E-state index in [-0.39, 0.29) is 6.10 Å². The number of rotatable bonds is 4. The number of anilines is 1. The third-order valence-corrected chi connectivity index (χ3v) is 4.01. The highest BCUT2D eigenvalue weighted by molar-refractivity contribution is 9.11. The number of methoxy groups -OCH3 is 1. The van der Waals surface area contributed by atoms with E-state index in [2.05, 4.69) is 26.2 Å². The molecule has 5 nitrogen and oxygen atoms in total. The van der Waals surface area contributed by atoms with Crippen LogP contribution in [-0.2, 0) is 4.74 Å². The minimum atomic E-state index is -0.489. The number of halogens is 1. The molecular formula is C14H15BrN2O3S. The third kappa shape index (κ3) is 4.18. The lowest BCUT2D eigenvalue weighted by Crippen LogP contribution is -2.17. The van der Waals surface area contributed by atoms with Crippen molar-refractivity contribution < 1.29 is 14.3 Å². The van der Waals surface area contributed by atoms with E-state index in [0.717, 1.165) is 14.4 Å². The molecule has 0 aliphatic carbocycles. The Labute approximate surface area is 135 Å². The predicted molar refractivity (Wildman–Crippen MR) is 87.0 cm³/mol. The van der Waals surface area contributed by atoms with Crippen molar-refractivity contribution in [2.75, 3.05) is 12.4 Å². The van der Waals surface area contributed by atoms with Gasteiger partial charge in [-0.2, -0.15) is 0 Å². The molecule has 112 valence electrons. The lowest BCUT2D eigenvalue weighted by molar-refractivity contribution is 0.130. The van der Waals surface area contributed by atoms with E-state index in [1.807, 2.05) is 6.07 Å². The molecule has 0 atom stereocenters. The van der Waals surface area contributed by atoms with Gasteiger partial charge < -0.3 is 9.47 Å². The highest BCUT2D eigenvalue weighted by Gasteiger charge is 2.12. The number of carbonyl (C=O) groups excluding carboxylic acids is 1. The summed E-state index contributed by atoms with van der Waals surface area (Å²) in [6.45, 7) is 3.59. The second kappa shape index (κ2) is 6.91. The Morgan fingerprint density at radius 1 is 1.43 bits per heavy atom. The molecule has 1 heterocycles. The number of nitrogens with one attached hydrogen (secondary N) is 1. The first-order valence-electron chi connectivity index (χ1n) is 6.27. The fourth-order valence-electron chi connectivity index (χ4n) is 1.69. The topological polar surface area (TPSA) is 60.5 Å². The van der Waals surface area contributed by atoms with Crippen molar-refractivity contribution in [2.24, 2.45) is 0 Å². The van der Waals surface area contributed by atoms with E-state index >= 15 is 0 Å². The number of ether oxygens (including phenoxy) is 2. The summed E-state index contributed by atoms with van der Waals surface area (Å²) in [4.78, 5) is 15.9. The summed E-state index contributed by atoms with van der Waals surface area (Å²) in [7, 11) is 1.58. The van der Waals surface area contributed by atoms with E-state index in [9.17, 15) is 4.79 Å². The van der Waals surface area contributed by atoms with Crippen LogP contribution in [0.5, 0.6) is 5.75 Å². The Bertz CT molecular complexity index is 643. The fourth-order valence-corrected chi connectivity index (χ4v) is 2.92. The van der Waals surface area contributed by atoms with Crippen LogP contribution in [0.1, 0.15) is 13.8 Å². The Balaban J connectivity index is 2.22. The summed E-state index contributed by atoms with van der Waals surface area (Å²) >= 11 is 4.90. The monoisotopic (exact) mass is 370 g/mol. The van der Waals surface area contributed by atoms with Crippen LogP contribution in [0.4, 0.5) is 10.5 Å². The number of aromatic nitrogens is 1. The second-order valence-electron chi connectivity index (χ2n) is 4.46. The maximum atomic E-state index is 11.6. The van der Waals surface area contributed by atoms with Gasteiger partial charge in [-0.25, -0.2) is 9.78 Å². The minimum absolute atomic E-state index is 0.168. The summed E-state index contributed by atoms with van der Waals surface area (Å²) in [6.07, 6.45) is 1.08. The van der Waals surface area contributed by atoms with Gasteiger partial charge in [-0.15, -0.1) is 11.3 Å². The lowest BCUT2D eigenvalue weighted by Gasteiger charge is -2.12. The van der Waals surface area contributed by atoms with Gasteiger partial charge in [0.25, 0.3) is 0 Å². The maximum Gasteiger partial charge on any atom is 0.411 e. The van der Waals surface area contributed by atoms with E-state index in [1.165, 1.54) is 11.3 Å². The molecule has 0 unspecified atom stereocenters. The van der Waals surface area contributed by atoms with Gasteiger partial charge in [0.05, 0.1) is 28.8 Å². The molecule has 1 aromatic carbocycles. The van der Waals surface area contributed by atoms with Crippen LogP contribution in [-0.4, -0.2) is 24.3 Å². The van der Waals surface area contributed by atoms with E-state index in [1.54, 1.807) is 39.3 Å². The molecule has 0 fully saturated rings. The number of nitrogens with zero attached hydrogens (tertiary/aromatic N) is 1. The highest BCUT2D eigenvalue weighted by Crippen LogP contribution is 2.36. The summed E-state index contributed by atoms with van der Waals surface area (Å²) in [5.74, 6) is 0.638. The average molecular weight is 371 g/mol. The van der Waals surface area contributed by atoms with E-state index < -0.39 is 6.09 Å². The van der Waals surface area contributed by atoms with Gasteiger partial charge in [0.1, 0.15) is 10.8 Å². The van der Waals surface area contributed by atoms with Crippen molar-refractivity contribution >= 4 is 39.0 Å². The molecule has 1 N–H and O–H groups in total. The smallest absolute Gasteiger partial charge is 0.411 e. The molecule has 1 amide bonds. The zero-order chi connectivity index (χ0) is 15.4. The van der Waals surface area contributed by atoms with Gasteiger partial charge in [0, 0.05) is 11.8 Å². The molecule has 21 heavy (non-hydrogen) atoms. The molecule has 0 spiro atoms. The number of thiazole rings is 1. The highest BCUT2D eigenvalue weighted by atomic mass is 79.9. The van der Waals surface area contributed by atoms with Gasteiger partial charge in [-0.1, -0.05) is 0 Å². The van der Waals surface area contributed by atoms with E-state index in [0.29, 0.717) is 11.4 Å². The van der Waals surface area contributed by atoms with Crippen LogP contribution in [0.2, 0.25) is 0 Å². The molecule has 0 aliphatic rings. The van der Waals surface area contributed by atoms with Crippen molar-refractivity contribution in [3.05, 3.63) is 28.2 Å². The lowest BCUT2D eigenvalue weighted by atomic mass is 10.2. The van der Waals surface area contributed by atoms with Gasteiger partial charge >= 0.3 is 6.09 Å². The number of benzene rings is 1. The van der Waals surface area contributed by atoms with Gasteiger partial charge in [-0.05, 0) is 41.9 Å². The Morgan fingerprint density at radius 2 is 2.19 bits per heavy atom. The number of hydrogen-bond donors (Lipinski definition) is 1. The number of carbonyl (C=O) groups is 1. The summed E-state index contributed by atoms with van der Waals surface area (Å²) in [5.41, 5.74) is 1.48. The first kappa shape index (κ1) is 15.8. The van der Waals surface area contributed by atoms with Crippen molar-refractivity contribution in [3.8, 4) is 16.3 Å². The van der Waals surface area contributed by atoms with Crippen LogP contribution in [0.3, 0.4) is 0 Å². The van der Waals surface area contributed by atoms with Crippen LogP contribution in [0.25, 0.3) is 10.6 Å². The van der Waals surface area contributed by atoms with Crippen molar-refractivity contribution in [3.63, 3.8) is 0 Å². The SMILES string of the molecule is COc1cc(NC(=O)OC(C)C)ccc1-c1ncc(Br)s1. The van der Waals surface area contributed by atoms with Crippen molar-refractivity contribution in [1.82, 2.24) is 4.98 Å². The first-order chi connectivity index (χ1) is 9.99. The molecule has 0 bridgehead atoms. The standard InChI is InChI=1S/C14H15BrN2O3S/c1-8(2)20-14(18)17-9-4-5-10(11(6-9)19-3)13-16-7-12(15)21-13/h4-8H,1-3H3,(H,17,18). The molecule has 0 saturated carbocycles. The summed E-state index contributed by atoms with van der Waals surface area (Å²) < 4.78 is 11.4. The van der Waals surface area contributed by atoms with Crippen LogP contribution in [0, 0.1) is 0 Å². The zero-order valence-corrected chi connectivity index (χ0v) is 14.2. The third-order valence-electron chi connectivity index (χ3n) is 2.50. The molecule has 2 aromatic rings. The van der Waals surface area contributed by atoms with Crippen LogP contribution >= 0.6 is 27.3 Å². The maximum absolute atomic E-state index is 11.6. The minimum Gasteiger partial charge on any atom is -0.496 e. The van der Waals surface area contributed by atoms with E-state index in [4.69, 9.17) is 9.47 Å². The number of hydrogen-bond acceptors (Lipinski definition) is 5. The molecule has 7 heteroatoms. The molecule has 0 aliphatic heterocycles. The van der Waals surface area contributed by atoms with Crippen molar-refractivity contribution in [2.45, 2.75) is 20.0 Å². The molecule has 1 aromatic heterocycles. The summed E-state index contributed by atoms with van der Waals surface area (Å²) in [6, 6.07) is 5.38. The first-order valence-corrected chi connectivity index (χ1v) is 7.88. The molecular weight excluding hydrogens is 356 g/mol. The average Bonchev–Trinajstić information content (AvgIpc) is 2.84. The van der Waals surface area contributed by atoms with Gasteiger partial charge in [0.2, 0.25) is 0 Å². The van der Waals surface area contributed by atoms with Crippen molar-refractivity contribution in [1.29, 1.82) is 0 Å². The van der Waals surface area contributed by atoms with Gasteiger partial charge in [-0.3, -0.25) is 5.32 Å². The Morgan fingerprint density at radius 3 is 2.76 bits per heavy atom. The normalized spacial score (nSPS) is 10.5. The Hall–Kier alpha value is -1.60. The number of amides is 1. The van der Waals surface area contributed by atoms with Gasteiger partial charge in [0.15, 0.2) is 0 Å². The van der Waals surface area contributed by atoms with Crippen LogP contribution < -0.4 is 10.1 Å². The largest absolute Gasteiger partial charge is 0.496 e. The quantitative estimate of drug-likeness (QED) is 0.857. The molecule has 0 saturated heterocycles. The molecule has 2 rings (SSSR count). The fraction of sp³-hybridized carbons (Fsp3) is 0.286. The summed E-state index contributed by atoms with van der Waals surface area (Å²) in [5, 5.41) is 3.51. The Kier molecular flexibility index (Phi) is 5.19. The zero-order valence-electron chi connectivity index (χ0n) is 11.8. The molecule has 0 radical (unpaired) electrons. The second-order valence-corrected chi connectivity index (χ2v) is 6.87. The predicted octanol–water partition coefficient (Wildman–Crippen LogP) is 4.54.